The third-order valence-electron chi connectivity index (χ3n) is 3.71. The quantitative estimate of drug-likeness (QED) is 0.628. The largest absolute Gasteiger partial charge is 0.497 e. The lowest BCUT2D eigenvalue weighted by molar-refractivity contribution is 0.187. The number of carbonyl (C=O) groups is 1. The van der Waals surface area contributed by atoms with Crippen molar-refractivity contribution in [1.82, 2.24) is 9.97 Å². The number of nitrogens with zero attached hydrogens (tertiary/aromatic N) is 1. The molecule has 130 valence electrons. The molecule has 0 aliphatic rings. The minimum absolute atomic E-state index is 0.430. The fourth-order valence-electron chi connectivity index (χ4n) is 2.51. The molecule has 0 spiro atoms. The Morgan fingerprint density at radius 1 is 1.16 bits per heavy atom. The van der Waals surface area contributed by atoms with E-state index in [0.717, 1.165) is 5.56 Å². The topological polar surface area (TPSA) is 111 Å². The number of amides is 1. The molecule has 0 aliphatic heterocycles. The Labute approximate surface area is 143 Å². The van der Waals surface area contributed by atoms with Crippen LogP contribution in [0.1, 0.15) is 0 Å². The zero-order chi connectivity index (χ0) is 18.0. The standard InChI is InChI=1S/C17H18N4O4/c1-23-10-4-5-11(14(8-10)24-2)16-20-13-7-9(19-17(22)25-3)6-12(18)15(13)21-16/h4-8H,18H2,1-3H3,(H,19,22)(H,20,21). The molecule has 8 heteroatoms. The number of hydrogen-bond donors (Lipinski definition) is 3. The van der Waals surface area contributed by atoms with E-state index in [4.69, 9.17) is 15.2 Å². The summed E-state index contributed by atoms with van der Waals surface area (Å²) in [6.07, 6.45) is -0.574. The summed E-state index contributed by atoms with van der Waals surface area (Å²) >= 11 is 0. The lowest BCUT2D eigenvalue weighted by Crippen LogP contribution is -2.11. The molecule has 1 heterocycles. The summed E-state index contributed by atoms with van der Waals surface area (Å²) in [6.45, 7) is 0. The molecule has 0 radical (unpaired) electrons. The average Bonchev–Trinajstić information content (AvgIpc) is 3.05. The molecule has 3 rings (SSSR count). The molecule has 2 aromatic carbocycles. The number of hydrogen-bond acceptors (Lipinski definition) is 6. The zero-order valence-electron chi connectivity index (χ0n) is 14.0. The van der Waals surface area contributed by atoms with E-state index in [1.165, 1.54) is 7.11 Å². The fraction of sp³-hybridized carbons (Fsp3) is 0.176. The van der Waals surface area contributed by atoms with Crippen molar-refractivity contribution in [3.05, 3.63) is 30.3 Å². The number of methoxy groups -OCH3 is 3. The molecule has 8 nitrogen and oxygen atoms in total. The molecule has 0 fully saturated rings. The predicted octanol–water partition coefficient (Wildman–Crippen LogP) is 3.01. The van der Waals surface area contributed by atoms with Crippen LogP contribution in [0.3, 0.4) is 0 Å². The monoisotopic (exact) mass is 342 g/mol. The van der Waals surface area contributed by atoms with Crippen LogP contribution in [0.15, 0.2) is 30.3 Å². The Balaban J connectivity index is 2.07. The summed E-state index contributed by atoms with van der Waals surface area (Å²) < 4.78 is 15.2. The van der Waals surface area contributed by atoms with Gasteiger partial charge in [-0.05, 0) is 24.3 Å². The minimum atomic E-state index is -0.574. The summed E-state index contributed by atoms with van der Waals surface area (Å²) in [5, 5.41) is 2.58. The van der Waals surface area contributed by atoms with Crippen LogP contribution in [-0.2, 0) is 4.74 Å². The Morgan fingerprint density at radius 3 is 2.64 bits per heavy atom. The molecule has 1 amide bonds. The van der Waals surface area contributed by atoms with Crippen molar-refractivity contribution < 1.29 is 19.0 Å². The second-order valence-electron chi connectivity index (χ2n) is 5.23. The van der Waals surface area contributed by atoms with Gasteiger partial charge >= 0.3 is 6.09 Å². The van der Waals surface area contributed by atoms with Crippen molar-refractivity contribution in [2.75, 3.05) is 32.4 Å². The third-order valence-corrected chi connectivity index (χ3v) is 3.71. The molecule has 1 aromatic heterocycles. The van der Waals surface area contributed by atoms with Gasteiger partial charge in [0.15, 0.2) is 0 Å². The Morgan fingerprint density at radius 2 is 1.96 bits per heavy atom. The number of ether oxygens (including phenoxy) is 3. The van der Waals surface area contributed by atoms with Crippen LogP contribution in [0.4, 0.5) is 16.2 Å². The molecule has 0 aliphatic carbocycles. The van der Waals surface area contributed by atoms with Crippen LogP contribution in [0, 0.1) is 0 Å². The van der Waals surface area contributed by atoms with Crippen molar-refractivity contribution in [2.45, 2.75) is 0 Å². The molecule has 25 heavy (non-hydrogen) atoms. The van der Waals surface area contributed by atoms with Crippen LogP contribution < -0.4 is 20.5 Å². The lowest BCUT2D eigenvalue weighted by atomic mass is 10.2. The van der Waals surface area contributed by atoms with E-state index in [1.807, 2.05) is 12.1 Å². The summed E-state index contributed by atoms with van der Waals surface area (Å²) in [5.41, 5.74) is 9.04. The highest BCUT2D eigenvalue weighted by atomic mass is 16.5. The number of anilines is 2. The molecule has 0 unspecified atom stereocenters. The SMILES string of the molecule is COC(=O)Nc1cc(N)c2nc(-c3ccc(OC)cc3OC)[nH]c2c1. The number of benzene rings is 2. The van der Waals surface area contributed by atoms with Crippen molar-refractivity contribution in [3.63, 3.8) is 0 Å². The molecular formula is C17H18N4O4. The van der Waals surface area contributed by atoms with Gasteiger partial charge < -0.3 is 24.9 Å². The molecule has 4 N–H and O–H groups in total. The van der Waals surface area contributed by atoms with Gasteiger partial charge in [0.2, 0.25) is 0 Å². The van der Waals surface area contributed by atoms with Crippen molar-refractivity contribution in [3.8, 4) is 22.9 Å². The maximum absolute atomic E-state index is 11.4. The van der Waals surface area contributed by atoms with E-state index < -0.39 is 6.09 Å². The van der Waals surface area contributed by atoms with Gasteiger partial charge in [-0.2, -0.15) is 0 Å². The number of fused-ring (bicyclic) bond motifs is 1. The zero-order valence-corrected chi connectivity index (χ0v) is 14.0. The number of aromatic nitrogens is 2. The first kappa shape index (κ1) is 16.4. The van der Waals surface area contributed by atoms with E-state index in [9.17, 15) is 4.79 Å². The number of aromatic amines is 1. The van der Waals surface area contributed by atoms with Gasteiger partial charge in [0.05, 0.1) is 38.1 Å². The van der Waals surface area contributed by atoms with Gasteiger partial charge in [0.25, 0.3) is 0 Å². The number of H-pyrrole nitrogens is 1. The Kier molecular flexibility index (Phi) is 4.34. The van der Waals surface area contributed by atoms with Crippen LogP contribution >= 0.6 is 0 Å². The first-order valence-electron chi connectivity index (χ1n) is 7.42. The highest BCUT2D eigenvalue weighted by Crippen LogP contribution is 2.34. The Hall–Kier alpha value is -3.42. The highest BCUT2D eigenvalue weighted by Gasteiger charge is 2.14. The number of imidazole rings is 1. The van der Waals surface area contributed by atoms with Crippen LogP contribution in [0.2, 0.25) is 0 Å². The second-order valence-corrected chi connectivity index (χ2v) is 5.23. The van der Waals surface area contributed by atoms with Crippen molar-refractivity contribution in [1.29, 1.82) is 0 Å². The molecular weight excluding hydrogens is 324 g/mol. The van der Waals surface area contributed by atoms with Gasteiger partial charge in [-0.25, -0.2) is 9.78 Å². The van der Waals surface area contributed by atoms with E-state index in [0.29, 0.717) is 39.7 Å². The van der Waals surface area contributed by atoms with Crippen molar-refractivity contribution in [2.24, 2.45) is 0 Å². The smallest absolute Gasteiger partial charge is 0.411 e. The summed E-state index contributed by atoms with van der Waals surface area (Å²) in [5.74, 6) is 1.89. The van der Waals surface area contributed by atoms with Crippen LogP contribution in [0.5, 0.6) is 11.5 Å². The normalized spacial score (nSPS) is 10.5. The maximum atomic E-state index is 11.4. The predicted molar refractivity (Wildman–Crippen MR) is 95.1 cm³/mol. The number of nitrogen functional groups attached to an aromatic ring is 1. The lowest BCUT2D eigenvalue weighted by Gasteiger charge is -2.08. The molecule has 3 aromatic rings. The second kappa shape index (κ2) is 6.60. The van der Waals surface area contributed by atoms with Gasteiger partial charge in [-0.1, -0.05) is 0 Å². The minimum Gasteiger partial charge on any atom is -0.497 e. The van der Waals surface area contributed by atoms with Crippen molar-refractivity contribution >= 4 is 28.5 Å². The van der Waals surface area contributed by atoms with Gasteiger partial charge in [0.1, 0.15) is 22.8 Å². The Bertz CT molecular complexity index is 936. The molecule has 0 saturated carbocycles. The number of rotatable bonds is 4. The molecule has 0 atom stereocenters. The summed E-state index contributed by atoms with van der Waals surface area (Å²) in [4.78, 5) is 19.1. The first-order valence-corrected chi connectivity index (χ1v) is 7.42. The fourth-order valence-corrected chi connectivity index (χ4v) is 2.51. The molecule has 0 saturated heterocycles. The third kappa shape index (κ3) is 3.14. The summed E-state index contributed by atoms with van der Waals surface area (Å²) in [6, 6.07) is 8.79. The van der Waals surface area contributed by atoms with Crippen LogP contribution in [-0.4, -0.2) is 37.4 Å². The van der Waals surface area contributed by atoms with E-state index in [-0.39, 0.29) is 0 Å². The first-order chi connectivity index (χ1) is 12.0. The maximum Gasteiger partial charge on any atom is 0.411 e. The van der Waals surface area contributed by atoms with Gasteiger partial charge in [0, 0.05) is 11.8 Å². The van der Waals surface area contributed by atoms with Crippen LogP contribution in [0.25, 0.3) is 22.4 Å². The number of nitrogens with one attached hydrogen (secondary N) is 2. The van der Waals surface area contributed by atoms with E-state index in [2.05, 4.69) is 20.0 Å². The van der Waals surface area contributed by atoms with Gasteiger partial charge in [-0.15, -0.1) is 0 Å². The average molecular weight is 342 g/mol. The van der Waals surface area contributed by atoms with Gasteiger partial charge in [-0.3, -0.25) is 5.32 Å². The van der Waals surface area contributed by atoms with E-state index >= 15 is 0 Å². The number of carbonyl (C=O) groups excluding carboxylic acids is 1. The number of nitrogens with two attached hydrogens (primary N) is 1. The summed E-state index contributed by atoms with van der Waals surface area (Å²) in [7, 11) is 4.46. The highest BCUT2D eigenvalue weighted by molar-refractivity contribution is 5.96. The molecule has 0 bridgehead atoms. The van der Waals surface area contributed by atoms with E-state index in [1.54, 1.807) is 32.4 Å².